The molecule has 1 fully saturated rings. The van der Waals surface area contributed by atoms with Crippen molar-refractivity contribution in [1.29, 1.82) is 0 Å². The first-order valence-corrected chi connectivity index (χ1v) is 11.6. The molecule has 0 saturated carbocycles. The van der Waals surface area contributed by atoms with Gasteiger partial charge in [-0.05, 0) is 42.5 Å². The first-order valence-electron chi connectivity index (χ1n) is 9.74. The first-order chi connectivity index (χ1) is 14.6. The molecule has 3 aromatic rings. The number of piperidine rings is 1. The molecule has 1 N–H and O–H groups in total. The Balaban J connectivity index is 1.54. The highest BCUT2D eigenvalue weighted by molar-refractivity contribution is 7.90. The molecular weight excluding hydrogens is 428 g/mol. The summed E-state index contributed by atoms with van der Waals surface area (Å²) in [6.45, 7) is 1.24. The Hall–Kier alpha value is -3.01. The highest BCUT2D eigenvalue weighted by Crippen LogP contribution is 2.30. The van der Waals surface area contributed by atoms with Crippen LogP contribution in [0.15, 0.2) is 41.6 Å². The minimum absolute atomic E-state index is 0.0311. The van der Waals surface area contributed by atoms with Crippen molar-refractivity contribution in [1.82, 2.24) is 14.5 Å². The Bertz CT molecular complexity index is 1250. The largest absolute Gasteiger partial charge is 0.465 e. The maximum Gasteiger partial charge on any atom is 0.407 e. The van der Waals surface area contributed by atoms with E-state index in [2.05, 4.69) is 4.98 Å². The standard InChI is InChI=1S/C21H21F2N3O4S/c1-31(29,30)20-17(22)10-18-16(19(20)23)6-9-26(18)12-15-3-2-14(11-24-15)13-4-7-25(8-5-13)21(27)28/h2-3,6,9-11,13H,4-5,7-8,12H2,1H3,(H,27,28). The van der Waals surface area contributed by atoms with Crippen LogP contribution in [0, 0.1) is 11.6 Å². The van der Waals surface area contributed by atoms with Gasteiger partial charge in [0.15, 0.2) is 15.7 Å². The minimum atomic E-state index is -4.04. The number of pyridine rings is 1. The summed E-state index contributed by atoms with van der Waals surface area (Å²) >= 11 is 0. The Labute approximate surface area is 177 Å². The van der Waals surface area contributed by atoms with Crippen molar-refractivity contribution in [2.75, 3.05) is 19.3 Å². The van der Waals surface area contributed by atoms with Gasteiger partial charge in [-0.3, -0.25) is 4.98 Å². The van der Waals surface area contributed by atoms with Crippen LogP contribution in [0.2, 0.25) is 0 Å². The number of carboxylic acid groups (broad SMARTS) is 1. The zero-order valence-corrected chi connectivity index (χ0v) is 17.6. The molecule has 1 saturated heterocycles. The van der Waals surface area contributed by atoms with Gasteiger partial charge >= 0.3 is 6.09 Å². The van der Waals surface area contributed by atoms with Gasteiger partial charge in [0.05, 0.1) is 17.8 Å². The number of sulfone groups is 1. The number of halogens is 2. The molecule has 1 aromatic carbocycles. The number of benzene rings is 1. The number of carbonyl (C=O) groups is 1. The zero-order chi connectivity index (χ0) is 22.3. The number of likely N-dealkylation sites (tertiary alicyclic amines) is 1. The molecule has 0 aliphatic carbocycles. The van der Waals surface area contributed by atoms with Crippen LogP contribution in [0.5, 0.6) is 0 Å². The monoisotopic (exact) mass is 449 g/mol. The van der Waals surface area contributed by atoms with Crippen LogP contribution in [-0.4, -0.2) is 53.4 Å². The van der Waals surface area contributed by atoms with Gasteiger partial charge in [-0.25, -0.2) is 22.0 Å². The van der Waals surface area contributed by atoms with E-state index >= 15 is 0 Å². The van der Waals surface area contributed by atoms with E-state index in [-0.39, 0.29) is 23.4 Å². The minimum Gasteiger partial charge on any atom is -0.465 e. The summed E-state index contributed by atoms with van der Waals surface area (Å²) in [6, 6.07) is 6.23. The van der Waals surface area contributed by atoms with Crippen LogP contribution in [0.1, 0.15) is 30.0 Å². The lowest BCUT2D eigenvalue weighted by Crippen LogP contribution is -2.36. The van der Waals surface area contributed by atoms with Gasteiger partial charge in [-0.2, -0.15) is 0 Å². The fourth-order valence-corrected chi connectivity index (χ4v) is 4.92. The second kappa shape index (κ2) is 7.92. The summed E-state index contributed by atoms with van der Waals surface area (Å²) in [5.41, 5.74) is 1.95. The molecular formula is C21H21F2N3O4S. The van der Waals surface area contributed by atoms with Crippen molar-refractivity contribution >= 4 is 26.8 Å². The summed E-state index contributed by atoms with van der Waals surface area (Å²) in [4.78, 5) is 16.0. The van der Waals surface area contributed by atoms with Crippen LogP contribution >= 0.6 is 0 Å². The molecule has 7 nitrogen and oxygen atoms in total. The number of hydrogen-bond acceptors (Lipinski definition) is 4. The van der Waals surface area contributed by atoms with Gasteiger partial charge in [0.1, 0.15) is 10.7 Å². The lowest BCUT2D eigenvalue weighted by molar-refractivity contribution is 0.132. The summed E-state index contributed by atoms with van der Waals surface area (Å²) in [7, 11) is -4.04. The van der Waals surface area contributed by atoms with Crippen LogP contribution in [-0.2, 0) is 16.4 Å². The van der Waals surface area contributed by atoms with Crippen LogP contribution < -0.4 is 0 Å². The molecule has 31 heavy (non-hydrogen) atoms. The van der Waals surface area contributed by atoms with Crippen molar-refractivity contribution in [2.24, 2.45) is 0 Å². The van der Waals surface area contributed by atoms with Crippen molar-refractivity contribution in [3.8, 4) is 0 Å². The maximum absolute atomic E-state index is 14.6. The Morgan fingerprint density at radius 2 is 1.94 bits per heavy atom. The van der Waals surface area contributed by atoms with E-state index in [4.69, 9.17) is 5.11 Å². The molecule has 4 rings (SSSR count). The average Bonchev–Trinajstić information content (AvgIpc) is 3.10. The third-order valence-electron chi connectivity index (χ3n) is 5.71. The van der Waals surface area contributed by atoms with E-state index in [1.165, 1.54) is 11.0 Å². The molecule has 0 radical (unpaired) electrons. The Morgan fingerprint density at radius 1 is 1.23 bits per heavy atom. The number of aromatic nitrogens is 2. The number of amides is 1. The van der Waals surface area contributed by atoms with E-state index in [1.54, 1.807) is 17.0 Å². The van der Waals surface area contributed by atoms with Crippen LogP contribution in [0.4, 0.5) is 13.6 Å². The predicted octanol–water partition coefficient (Wildman–Crippen LogP) is 3.62. The zero-order valence-electron chi connectivity index (χ0n) is 16.8. The van der Waals surface area contributed by atoms with Gasteiger partial charge in [-0.15, -0.1) is 0 Å². The third kappa shape index (κ3) is 4.12. The van der Waals surface area contributed by atoms with Crippen LogP contribution in [0.25, 0.3) is 10.9 Å². The average molecular weight is 449 g/mol. The topological polar surface area (TPSA) is 92.5 Å². The molecule has 2 aromatic heterocycles. The summed E-state index contributed by atoms with van der Waals surface area (Å²) in [6.07, 6.45) is 4.66. The van der Waals surface area contributed by atoms with E-state index < -0.39 is 32.5 Å². The lowest BCUT2D eigenvalue weighted by Gasteiger charge is -2.30. The second-order valence-corrected chi connectivity index (χ2v) is 9.73. The quantitative estimate of drug-likeness (QED) is 0.657. The smallest absolute Gasteiger partial charge is 0.407 e. The first kappa shape index (κ1) is 21.2. The fraction of sp³-hybridized carbons (Fsp3) is 0.333. The molecule has 10 heteroatoms. The molecule has 1 aliphatic heterocycles. The molecule has 0 spiro atoms. The van der Waals surface area contributed by atoms with Gasteiger partial charge < -0.3 is 14.6 Å². The highest BCUT2D eigenvalue weighted by Gasteiger charge is 2.25. The number of fused-ring (bicyclic) bond motifs is 1. The molecule has 164 valence electrons. The SMILES string of the molecule is CS(=O)(=O)c1c(F)cc2c(ccn2Cc2ccc(C3CCN(C(=O)O)CC3)cn2)c1F. The fourth-order valence-electron chi connectivity index (χ4n) is 4.07. The molecule has 1 aliphatic rings. The summed E-state index contributed by atoms with van der Waals surface area (Å²) in [5.74, 6) is -1.97. The van der Waals surface area contributed by atoms with E-state index in [1.807, 2.05) is 12.1 Å². The molecule has 0 bridgehead atoms. The lowest BCUT2D eigenvalue weighted by atomic mass is 9.90. The van der Waals surface area contributed by atoms with Crippen molar-refractivity contribution < 1.29 is 27.1 Å². The van der Waals surface area contributed by atoms with Gasteiger partial charge in [-0.1, -0.05) is 6.07 Å². The summed E-state index contributed by atoms with van der Waals surface area (Å²) in [5, 5.41) is 9.08. The molecule has 0 atom stereocenters. The normalized spacial score (nSPS) is 15.5. The number of nitrogens with zero attached hydrogens (tertiary/aromatic N) is 3. The third-order valence-corrected chi connectivity index (χ3v) is 6.83. The highest BCUT2D eigenvalue weighted by atomic mass is 32.2. The van der Waals surface area contributed by atoms with E-state index in [0.717, 1.165) is 30.7 Å². The van der Waals surface area contributed by atoms with Gasteiger partial charge in [0.2, 0.25) is 0 Å². The summed E-state index contributed by atoms with van der Waals surface area (Å²) < 4.78 is 54.0. The van der Waals surface area contributed by atoms with Crippen molar-refractivity contribution in [3.63, 3.8) is 0 Å². The molecule has 1 amide bonds. The predicted molar refractivity (Wildman–Crippen MR) is 110 cm³/mol. The number of rotatable bonds is 4. The van der Waals surface area contributed by atoms with E-state index in [9.17, 15) is 22.0 Å². The second-order valence-electron chi connectivity index (χ2n) is 7.78. The van der Waals surface area contributed by atoms with E-state index in [0.29, 0.717) is 18.8 Å². The maximum atomic E-state index is 14.6. The van der Waals surface area contributed by atoms with Gasteiger partial charge in [0.25, 0.3) is 0 Å². The van der Waals surface area contributed by atoms with Crippen molar-refractivity contribution in [2.45, 2.75) is 30.2 Å². The van der Waals surface area contributed by atoms with Crippen LogP contribution in [0.3, 0.4) is 0 Å². The number of hydrogen-bond donors (Lipinski definition) is 1. The Morgan fingerprint density at radius 3 is 2.52 bits per heavy atom. The molecule has 0 unspecified atom stereocenters. The molecule has 3 heterocycles. The Kier molecular flexibility index (Phi) is 5.42. The van der Waals surface area contributed by atoms with Gasteiger partial charge in [0, 0.05) is 37.1 Å². The van der Waals surface area contributed by atoms with Crippen molar-refractivity contribution in [3.05, 3.63) is 59.6 Å².